The van der Waals surface area contributed by atoms with Gasteiger partial charge in [0.1, 0.15) is 0 Å². The summed E-state index contributed by atoms with van der Waals surface area (Å²) in [6.45, 7) is 5.61. The van der Waals surface area contributed by atoms with Gasteiger partial charge in [0.25, 0.3) is 0 Å². The molecule has 3 aromatic rings. The molecule has 3 aromatic carbocycles. The van der Waals surface area contributed by atoms with Gasteiger partial charge in [0.15, 0.2) is 17.3 Å². The van der Waals surface area contributed by atoms with Crippen LogP contribution in [-0.4, -0.2) is 43.9 Å². The van der Waals surface area contributed by atoms with E-state index in [1.807, 2.05) is 53.4 Å². The largest absolute Gasteiger partial charge is 0.493 e. The molecular weight excluding hydrogens is 514 g/mol. The van der Waals surface area contributed by atoms with E-state index in [0.717, 1.165) is 35.5 Å². The number of carbonyl (C=O) groups excluding carboxylic acids is 2. The number of ketones is 1. The van der Waals surface area contributed by atoms with E-state index in [0.29, 0.717) is 36.6 Å². The predicted molar refractivity (Wildman–Crippen MR) is 160 cm³/mol. The van der Waals surface area contributed by atoms with Gasteiger partial charge in [-0.3, -0.25) is 9.59 Å². The monoisotopic (exact) mass is 551 g/mol. The third-order valence-electron chi connectivity index (χ3n) is 8.52. The van der Waals surface area contributed by atoms with E-state index in [1.54, 1.807) is 14.2 Å². The molecular formula is C34H37N3O4. The second kappa shape index (κ2) is 10.6. The maximum absolute atomic E-state index is 14.1. The highest BCUT2D eigenvalue weighted by atomic mass is 16.5. The molecule has 7 heteroatoms. The van der Waals surface area contributed by atoms with Crippen molar-refractivity contribution in [2.75, 3.05) is 37.5 Å². The van der Waals surface area contributed by atoms with E-state index in [1.165, 1.54) is 11.1 Å². The first-order chi connectivity index (χ1) is 19.8. The molecule has 1 N–H and O–H groups in total. The van der Waals surface area contributed by atoms with Gasteiger partial charge in [0.05, 0.1) is 38.2 Å². The summed E-state index contributed by atoms with van der Waals surface area (Å²) in [6, 6.07) is 21.5. The Bertz CT molecular complexity index is 1540. The number of nitrogens with one attached hydrogen (secondary N) is 1. The molecule has 2 aliphatic heterocycles. The third-order valence-corrected chi connectivity index (χ3v) is 8.52. The molecule has 1 amide bonds. The minimum Gasteiger partial charge on any atom is -0.493 e. The number of para-hydroxylation sites is 3. The molecule has 1 aliphatic carbocycles. The number of methoxy groups -OCH3 is 2. The van der Waals surface area contributed by atoms with Crippen LogP contribution in [0.4, 0.5) is 11.4 Å². The molecule has 1 atom stereocenters. The first kappa shape index (κ1) is 26.9. The molecule has 212 valence electrons. The van der Waals surface area contributed by atoms with Crippen LogP contribution in [0.15, 0.2) is 78.0 Å². The van der Waals surface area contributed by atoms with Crippen molar-refractivity contribution < 1.29 is 19.1 Å². The molecule has 41 heavy (non-hydrogen) atoms. The van der Waals surface area contributed by atoms with Crippen molar-refractivity contribution in [3.63, 3.8) is 0 Å². The lowest BCUT2D eigenvalue weighted by Gasteiger charge is -2.39. The molecule has 3 aliphatic rings. The average molecular weight is 552 g/mol. The SMILES string of the molecule is COc1cccc(C2C3=C(CC(C)(C)CC3=O)Nc3ccccc3N2CC(=O)N2CCc3ccccc3C2)c1OC. The zero-order valence-electron chi connectivity index (χ0n) is 24.2. The van der Waals surface area contributed by atoms with Gasteiger partial charge in [-0.15, -0.1) is 0 Å². The lowest BCUT2D eigenvalue weighted by molar-refractivity contribution is -0.130. The Morgan fingerprint density at radius 3 is 2.49 bits per heavy atom. The Hall–Kier alpha value is -4.26. The van der Waals surface area contributed by atoms with Crippen LogP contribution in [0.3, 0.4) is 0 Å². The van der Waals surface area contributed by atoms with Crippen LogP contribution in [0.2, 0.25) is 0 Å². The van der Waals surface area contributed by atoms with Crippen molar-refractivity contribution in [2.24, 2.45) is 5.41 Å². The molecule has 0 saturated carbocycles. The van der Waals surface area contributed by atoms with Crippen LogP contribution in [0.1, 0.15) is 49.4 Å². The number of fused-ring (bicyclic) bond motifs is 2. The molecule has 0 bridgehead atoms. The summed E-state index contributed by atoms with van der Waals surface area (Å²) in [7, 11) is 3.23. The van der Waals surface area contributed by atoms with Gasteiger partial charge >= 0.3 is 0 Å². The zero-order chi connectivity index (χ0) is 28.7. The fourth-order valence-corrected chi connectivity index (χ4v) is 6.63. The van der Waals surface area contributed by atoms with Crippen LogP contribution in [0, 0.1) is 5.41 Å². The highest BCUT2D eigenvalue weighted by Gasteiger charge is 2.43. The number of benzene rings is 3. The van der Waals surface area contributed by atoms with Crippen LogP contribution in [-0.2, 0) is 22.6 Å². The summed E-state index contributed by atoms with van der Waals surface area (Å²) < 4.78 is 11.6. The van der Waals surface area contributed by atoms with Gasteiger partial charge in [-0.05, 0) is 47.6 Å². The predicted octanol–water partition coefficient (Wildman–Crippen LogP) is 5.91. The highest BCUT2D eigenvalue weighted by molar-refractivity contribution is 6.02. The average Bonchev–Trinajstić information content (AvgIpc) is 3.10. The number of Topliss-reactive ketones (excluding diaryl/α,β-unsaturated/α-hetero) is 1. The Morgan fingerprint density at radius 1 is 0.951 bits per heavy atom. The van der Waals surface area contributed by atoms with E-state index in [2.05, 4.69) is 42.3 Å². The number of amides is 1. The van der Waals surface area contributed by atoms with Crippen molar-refractivity contribution in [2.45, 2.75) is 45.7 Å². The number of hydrogen-bond acceptors (Lipinski definition) is 6. The van der Waals surface area contributed by atoms with Crippen LogP contribution in [0.5, 0.6) is 11.5 Å². The quantitative estimate of drug-likeness (QED) is 0.426. The Balaban J connectivity index is 1.50. The fourth-order valence-electron chi connectivity index (χ4n) is 6.63. The maximum Gasteiger partial charge on any atom is 0.242 e. The summed E-state index contributed by atoms with van der Waals surface area (Å²) >= 11 is 0. The topological polar surface area (TPSA) is 71.1 Å². The summed E-state index contributed by atoms with van der Waals surface area (Å²) in [5.41, 5.74) is 6.42. The zero-order valence-corrected chi connectivity index (χ0v) is 24.2. The van der Waals surface area contributed by atoms with E-state index < -0.39 is 6.04 Å². The first-order valence-corrected chi connectivity index (χ1v) is 14.2. The molecule has 6 rings (SSSR count). The van der Waals surface area contributed by atoms with Crippen molar-refractivity contribution >= 4 is 23.1 Å². The van der Waals surface area contributed by atoms with Gasteiger partial charge in [-0.2, -0.15) is 0 Å². The second-order valence-corrected chi connectivity index (χ2v) is 11.9. The normalized spacial score (nSPS) is 19.4. The number of nitrogens with zero attached hydrogens (tertiary/aromatic N) is 2. The summed E-state index contributed by atoms with van der Waals surface area (Å²) in [5, 5.41) is 3.63. The van der Waals surface area contributed by atoms with Gasteiger partial charge in [0, 0.05) is 36.3 Å². The smallest absolute Gasteiger partial charge is 0.242 e. The summed E-state index contributed by atoms with van der Waals surface area (Å²) in [5.74, 6) is 1.25. The van der Waals surface area contributed by atoms with Crippen molar-refractivity contribution in [1.29, 1.82) is 0 Å². The Labute approximate surface area is 241 Å². The van der Waals surface area contributed by atoms with E-state index in [9.17, 15) is 9.59 Å². The molecule has 0 aromatic heterocycles. The van der Waals surface area contributed by atoms with Gasteiger partial charge in [-0.1, -0.05) is 62.4 Å². The fraction of sp³-hybridized carbons (Fsp3) is 0.353. The number of carbonyl (C=O) groups is 2. The van der Waals surface area contributed by atoms with E-state index >= 15 is 0 Å². The van der Waals surface area contributed by atoms with Gasteiger partial charge in [0.2, 0.25) is 5.91 Å². The van der Waals surface area contributed by atoms with E-state index in [-0.39, 0.29) is 23.7 Å². The Morgan fingerprint density at radius 2 is 1.71 bits per heavy atom. The molecule has 0 fully saturated rings. The highest BCUT2D eigenvalue weighted by Crippen LogP contribution is 2.50. The lowest BCUT2D eigenvalue weighted by Crippen LogP contribution is -2.45. The number of rotatable bonds is 5. The standard InChI is InChI=1S/C34H37N3O4/c1-34(2)18-26-31(28(38)19-34)32(24-12-9-15-29(40-3)33(24)41-4)37(27-14-8-7-13-25(27)35-26)21-30(39)36-17-16-22-10-5-6-11-23(22)20-36/h5-15,32,35H,16-21H2,1-4H3. The Kier molecular flexibility index (Phi) is 6.98. The minimum absolute atomic E-state index is 0.0220. The number of allylic oxidation sites excluding steroid dienone is 1. The van der Waals surface area contributed by atoms with Crippen molar-refractivity contribution in [3.8, 4) is 11.5 Å². The summed E-state index contributed by atoms with van der Waals surface area (Å²) in [6.07, 6.45) is 1.98. The number of anilines is 2. The molecule has 1 unspecified atom stereocenters. The minimum atomic E-state index is -0.546. The van der Waals surface area contributed by atoms with Crippen LogP contribution in [0.25, 0.3) is 0 Å². The van der Waals surface area contributed by atoms with Crippen LogP contribution >= 0.6 is 0 Å². The molecule has 0 radical (unpaired) electrons. The van der Waals surface area contributed by atoms with Crippen molar-refractivity contribution in [1.82, 2.24) is 4.90 Å². The van der Waals surface area contributed by atoms with Gasteiger partial charge < -0.3 is 24.6 Å². The van der Waals surface area contributed by atoms with Crippen molar-refractivity contribution in [3.05, 3.63) is 94.7 Å². The molecule has 7 nitrogen and oxygen atoms in total. The maximum atomic E-state index is 14.1. The molecule has 0 spiro atoms. The van der Waals surface area contributed by atoms with Gasteiger partial charge in [-0.25, -0.2) is 0 Å². The molecule has 0 saturated heterocycles. The molecule has 2 heterocycles. The number of hydrogen-bond donors (Lipinski definition) is 1. The number of ether oxygens (including phenoxy) is 2. The second-order valence-electron chi connectivity index (χ2n) is 11.9. The lowest BCUT2D eigenvalue weighted by atomic mass is 9.73. The van der Waals surface area contributed by atoms with Crippen LogP contribution < -0.4 is 19.7 Å². The third kappa shape index (κ3) is 4.94. The first-order valence-electron chi connectivity index (χ1n) is 14.2. The van der Waals surface area contributed by atoms with E-state index in [4.69, 9.17) is 9.47 Å². The summed E-state index contributed by atoms with van der Waals surface area (Å²) in [4.78, 5) is 32.2.